The predicted molar refractivity (Wildman–Crippen MR) is 106 cm³/mol. The van der Waals surface area contributed by atoms with Gasteiger partial charge in [0.2, 0.25) is 12.7 Å². The number of methoxy groups -OCH3 is 2. The molecule has 10 nitrogen and oxygen atoms in total. The Balaban J connectivity index is 1.69. The molecule has 10 heteroatoms. The molecule has 0 saturated heterocycles. The first kappa shape index (κ1) is 20.8. The van der Waals surface area contributed by atoms with E-state index in [0.29, 0.717) is 28.6 Å². The molecule has 0 bridgehead atoms. The van der Waals surface area contributed by atoms with Crippen LogP contribution in [0.15, 0.2) is 30.3 Å². The second kappa shape index (κ2) is 9.03. The van der Waals surface area contributed by atoms with Crippen molar-refractivity contribution < 1.29 is 33.3 Å². The highest BCUT2D eigenvalue weighted by molar-refractivity contribution is 6.06. The van der Waals surface area contributed by atoms with Gasteiger partial charge in [0.15, 0.2) is 23.0 Å². The third kappa shape index (κ3) is 4.37. The standard InChI is InChI=1S/C20H21N3O7/c1-21-20(26)12-7-15(27-2)16(28-3)8-13(12)23-18(24)9-22-19(25)11-4-5-14-17(6-11)30-10-29-14/h4-8H,9-10H2,1-3H3,(H,21,26)(H,22,25)(H,23,24). The van der Waals surface area contributed by atoms with Crippen molar-refractivity contribution in [1.29, 1.82) is 0 Å². The number of benzene rings is 2. The molecule has 2 aromatic carbocycles. The van der Waals surface area contributed by atoms with Gasteiger partial charge in [0, 0.05) is 18.7 Å². The first-order chi connectivity index (χ1) is 14.5. The molecule has 1 aliphatic heterocycles. The van der Waals surface area contributed by atoms with E-state index < -0.39 is 17.7 Å². The number of anilines is 1. The van der Waals surface area contributed by atoms with Crippen LogP contribution in [0.2, 0.25) is 0 Å². The second-order valence-corrected chi connectivity index (χ2v) is 6.13. The molecule has 3 amide bonds. The van der Waals surface area contributed by atoms with Gasteiger partial charge in [-0.05, 0) is 24.3 Å². The Morgan fingerprint density at radius 1 is 0.967 bits per heavy atom. The molecule has 0 atom stereocenters. The number of hydrogen-bond acceptors (Lipinski definition) is 7. The van der Waals surface area contributed by atoms with Crippen molar-refractivity contribution in [2.75, 3.05) is 39.9 Å². The van der Waals surface area contributed by atoms with E-state index in [1.54, 1.807) is 12.1 Å². The van der Waals surface area contributed by atoms with E-state index in [4.69, 9.17) is 18.9 Å². The molecule has 30 heavy (non-hydrogen) atoms. The highest BCUT2D eigenvalue weighted by Crippen LogP contribution is 2.34. The van der Waals surface area contributed by atoms with Gasteiger partial charge in [-0.3, -0.25) is 14.4 Å². The van der Waals surface area contributed by atoms with E-state index in [-0.39, 0.29) is 24.6 Å². The minimum absolute atomic E-state index is 0.0990. The van der Waals surface area contributed by atoms with Crippen LogP contribution in [0.25, 0.3) is 0 Å². The molecular weight excluding hydrogens is 394 g/mol. The zero-order valence-corrected chi connectivity index (χ0v) is 16.7. The number of fused-ring (bicyclic) bond motifs is 1. The summed E-state index contributed by atoms with van der Waals surface area (Å²) in [6.45, 7) is -0.212. The third-order valence-corrected chi connectivity index (χ3v) is 4.31. The maximum absolute atomic E-state index is 12.4. The summed E-state index contributed by atoms with van der Waals surface area (Å²) in [4.78, 5) is 36.9. The fraction of sp³-hybridized carbons (Fsp3) is 0.250. The first-order valence-corrected chi connectivity index (χ1v) is 8.92. The van der Waals surface area contributed by atoms with E-state index in [2.05, 4.69) is 16.0 Å². The molecule has 1 heterocycles. The Kier molecular flexibility index (Phi) is 6.26. The van der Waals surface area contributed by atoms with Crippen LogP contribution in [0.3, 0.4) is 0 Å². The molecule has 0 unspecified atom stereocenters. The number of hydrogen-bond donors (Lipinski definition) is 3. The van der Waals surface area contributed by atoms with Crippen molar-refractivity contribution in [2.45, 2.75) is 0 Å². The van der Waals surface area contributed by atoms with Gasteiger partial charge in [0.1, 0.15) is 0 Å². The minimum atomic E-state index is -0.526. The molecule has 0 saturated carbocycles. The van der Waals surface area contributed by atoms with Crippen molar-refractivity contribution in [3.63, 3.8) is 0 Å². The zero-order chi connectivity index (χ0) is 21.7. The molecule has 3 rings (SSSR count). The highest BCUT2D eigenvalue weighted by atomic mass is 16.7. The second-order valence-electron chi connectivity index (χ2n) is 6.13. The molecule has 0 fully saturated rings. The summed E-state index contributed by atoms with van der Waals surface area (Å²) in [5.74, 6) is 0.293. The van der Waals surface area contributed by atoms with E-state index in [9.17, 15) is 14.4 Å². The van der Waals surface area contributed by atoms with E-state index in [1.165, 1.54) is 39.5 Å². The summed E-state index contributed by atoms with van der Waals surface area (Å²) < 4.78 is 20.9. The molecule has 0 spiro atoms. The van der Waals surface area contributed by atoms with Crippen LogP contribution in [0, 0.1) is 0 Å². The van der Waals surface area contributed by atoms with Crippen LogP contribution in [0.1, 0.15) is 20.7 Å². The highest BCUT2D eigenvalue weighted by Gasteiger charge is 2.19. The Labute approximate surface area is 172 Å². The average Bonchev–Trinajstić information content (AvgIpc) is 3.24. The number of nitrogens with one attached hydrogen (secondary N) is 3. The Hall–Kier alpha value is -3.95. The summed E-state index contributed by atoms with van der Waals surface area (Å²) in [5, 5.41) is 7.62. The summed E-state index contributed by atoms with van der Waals surface area (Å²) in [7, 11) is 4.35. The van der Waals surface area contributed by atoms with Crippen LogP contribution >= 0.6 is 0 Å². The minimum Gasteiger partial charge on any atom is -0.493 e. The van der Waals surface area contributed by atoms with Crippen LogP contribution < -0.4 is 34.9 Å². The van der Waals surface area contributed by atoms with E-state index in [0.717, 1.165) is 0 Å². The maximum Gasteiger partial charge on any atom is 0.253 e. The Bertz CT molecular complexity index is 991. The van der Waals surface area contributed by atoms with Gasteiger partial charge >= 0.3 is 0 Å². The first-order valence-electron chi connectivity index (χ1n) is 8.92. The Morgan fingerprint density at radius 2 is 1.67 bits per heavy atom. The fourth-order valence-electron chi connectivity index (χ4n) is 2.80. The van der Waals surface area contributed by atoms with E-state index in [1.807, 2.05) is 0 Å². The topological polar surface area (TPSA) is 124 Å². The zero-order valence-electron chi connectivity index (χ0n) is 16.7. The molecule has 2 aromatic rings. The van der Waals surface area contributed by atoms with Crippen molar-refractivity contribution in [2.24, 2.45) is 0 Å². The number of ether oxygens (including phenoxy) is 4. The number of amides is 3. The van der Waals surface area contributed by atoms with Gasteiger partial charge in [-0.25, -0.2) is 0 Å². The fourth-order valence-corrected chi connectivity index (χ4v) is 2.80. The Morgan fingerprint density at radius 3 is 2.37 bits per heavy atom. The largest absolute Gasteiger partial charge is 0.493 e. The summed E-state index contributed by atoms with van der Waals surface area (Å²) in [6.07, 6.45) is 0. The van der Waals surface area contributed by atoms with Gasteiger partial charge in [-0.2, -0.15) is 0 Å². The normalized spacial score (nSPS) is 11.4. The van der Waals surface area contributed by atoms with Gasteiger partial charge in [-0.15, -0.1) is 0 Å². The molecule has 3 N–H and O–H groups in total. The van der Waals surface area contributed by atoms with Crippen LogP contribution in [0.4, 0.5) is 5.69 Å². The van der Waals surface area contributed by atoms with Crippen LogP contribution in [0.5, 0.6) is 23.0 Å². The van der Waals surface area contributed by atoms with Crippen molar-refractivity contribution >= 4 is 23.4 Å². The molecule has 158 valence electrons. The number of carbonyl (C=O) groups is 3. The van der Waals surface area contributed by atoms with E-state index >= 15 is 0 Å². The van der Waals surface area contributed by atoms with Gasteiger partial charge < -0.3 is 34.9 Å². The smallest absolute Gasteiger partial charge is 0.253 e. The van der Waals surface area contributed by atoms with Crippen LogP contribution in [-0.4, -0.2) is 52.3 Å². The molecule has 0 aromatic heterocycles. The number of carbonyl (C=O) groups excluding carboxylic acids is 3. The maximum atomic E-state index is 12.4. The monoisotopic (exact) mass is 415 g/mol. The van der Waals surface area contributed by atoms with Crippen LogP contribution in [-0.2, 0) is 4.79 Å². The summed E-state index contributed by atoms with van der Waals surface area (Å²) >= 11 is 0. The lowest BCUT2D eigenvalue weighted by Gasteiger charge is -2.15. The van der Waals surface area contributed by atoms with Crippen molar-refractivity contribution in [3.05, 3.63) is 41.5 Å². The lowest BCUT2D eigenvalue weighted by atomic mass is 10.1. The quantitative estimate of drug-likeness (QED) is 0.620. The molecule has 1 aliphatic rings. The SMILES string of the molecule is CNC(=O)c1cc(OC)c(OC)cc1NC(=O)CNC(=O)c1ccc2c(c1)OCO2. The van der Waals surface area contributed by atoms with Gasteiger partial charge in [0.25, 0.3) is 11.8 Å². The average molecular weight is 415 g/mol. The summed E-state index contributed by atoms with van der Waals surface area (Å²) in [5.41, 5.74) is 0.726. The molecule has 0 radical (unpaired) electrons. The summed E-state index contributed by atoms with van der Waals surface area (Å²) in [6, 6.07) is 7.66. The third-order valence-electron chi connectivity index (χ3n) is 4.31. The van der Waals surface area contributed by atoms with Crippen molar-refractivity contribution in [1.82, 2.24) is 10.6 Å². The van der Waals surface area contributed by atoms with Gasteiger partial charge in [-0.1, -0.05) is 0 Å². The molecule has 0 aliphatic carbocycles. The van der Waals surface area contributed by atoms with Gasteiger partial charge in [0.05, 0.1) is 32.0 Å². The lowest BCUT2D eigenvalue weighted by molar-refractivity contribution is -0.115. The molecular formula is C20H21N3O7. The predicted octanol–water partition coefficient (Wildman–Crippen LogP) is 1.16. The lowest BCUT2D eigenvalue weighted by Crippen LogP contribution is -2.33. The van der Waals surface area contributed by atoms with Crippen molar-refractivity contribution in [3.8, 4) is 23.0 Å². The number of rotatable bonds is 7.